The Balaban J connectivity index is 1.32. The summed E-state index contributed by atoms with van der Waals surface area (Å²) in [4.78, 5) is 14.3. The van der Waals surface area contributed by atoms with Crippen LogP contribution in [0.3, 0.4) is 0 Å². The fourth-order valence-corrected chi connectivity index (χ4v) is 3.79. The zero-order chi connectivity index (χ0) is 13.5. The van der Waals surface area contributed by atoms with Crippen molar-refractivity contribution >= 4 is 22.4 Å². The lowest BCUT2D eigenvalue weighted by Gasteiger charge is -2.30. The number of hydrogen-bond donors (Lipinski definition) is 1. The first-order valence-electron chi connectivity index (χ1n) is 7.68. The predicted octanol–water partition coefficient (Wildman–Crippen LogP) is 1.91. The molecule has 1 saturated heterocycles. The summed E-state index contributed by atoms with van der Waals surface area (Å²) in [7, 11) is 0. The number of nitrogens with zero attached hydrogens (tertiary/aromatic N) is 3. The van der Waals surface area contributed by atoms with E-state index in [-0.39, 0.29) is 11.8 Å². The van der Waals surface area contributed by atoms with Crippen molar-refractivity contribution in [1.82, 2.24) is 15.5 Å². The Morgan fingerprint density at radius 3 is 2.50 bits per heavy atom. The highest BCUT2D eigenvalue weighted by Crippen LogP contribution is 2.42. The summed E-state index contributed by atoms with van der Waals surface area (Å²) in [6, 6.07) is 0.477. The lowest BCUT2D eigenvalue weighted by Crippen LogP contribution is -2.41. The quantitative estimate of drug-likeness (QED) is 0.921. The van der Waals surface area contributed by atoms with Gasteiger partial charge < -0.3 is 10.2 Å². The van der Waals surface area contributed by atoms with Crippen molar-refractivity contribution in [3.63, 3.8) is 0 Å². The molecule has 20 heavy (non-hydrogen) atoms. The van der Waals surface area contributed by atoms with Gasteiger partial charge >= 0.3 is 0 Å². The molecule has 4 rings (SSSR count). The van der Waals surface area contributed by atoms with Gasteiger partial charge in [0.15, 0.2) is 0 Å². The second kappa shape index (κ2) is 4.98. The van der Waals surface area contributed by atoms with Crippen LogP contribution in [-0.4, -0.2) is 35.2 Å². The van der Waals surface area contributed by atoms with E-state index in [2.05, 4.69) is 20.4 Å². The number of nitrogens with one attached hydrogen (secondary N) is 1. The predicted molar refractivity (Wildman–Crippen MR) is 78.0 cm³/mol. The Kier molecular flexibility index (Phi) is 3.13. The fraction of sp³-hybridized carbons (Fsp3) is 0.786. The third-order valence-corrected chi connectivity index (χ3v) is 5.56. The number of carbonyl (C=O) groups excluding carboxylic acids is 1. The number of amides is 1. The average molecular weight is 292 g/mol. The van der Waals surface area contributed by atoms with Crippen LogP contribution in [0.5, 0.6) is 0 Å². The Morgan fingerprint density at radius 2 is 1.85 bits per heavy atom. The molecule has 5 nitrogen and oxygen atoms in total. The number of hydrogen-bond acceptors (Lipinski definition) is 5. The molecule has 0 radical (unpaired) electrons. The molecule has 0 spiro atoms. The van der Waals surface area contributed by atoms with E-state index in [0.29, 0.717) is 12.0 Å². The van der Waals surface area contributed by atoms with E-state index in [4.69, 9.17) is 0 Å². The van der Waals surface area contributed by atoms with Gasteiger partial charge in [-0.3, -0.25) is 4.79 Å². The third-order valence-electron chi connectivity index (χ3n) is 4.42. The van der Waals surface area contributed by atoms with Crippen LogP contribution in [0.1, 0.15) is 49.5 Å². The standard InChI is InChI=1S/C14H20N4OS/c19-12(15-11-3-4-11)9-5-7-18(8-6-9)14-17-16-13(20-14)10-1-2-10/h9-11H,1-8H2,(H,15,19). The van der Waals surface area contributed by atoms with Crippen LogP contribution in [0.4, 0.5) is 5.13 Å². The highest BCUT2D eigenvalue weighted by Gasteiger charge is 2.32. The summed E-state index contributed by atoms with van der Waals surface area (Å²) in [6.45, 7) is 1.87. The summed E-state index contributed by atoms with van der Waals surface area (Å²) < 4.78 is 0. The fourth-order valence-electron chi connectivity index (χ4n) is 2.73. The van der Waals surface area contributed by atoms with E-state index in [1.54, 1.807) is 11.3 Å². The van der Waals surface area contributed by atoms with Crippen molar-refractivity contribution < 1.29 is 4.79 Å². The second-order valence-electron chi connectivity index (χ2n) is 6.24. The Morgan fingerprint density at radius 1 is 1.10 bits per heavy atom. The smallest absolute Gasteiger partial charge is 0.223 e. The van der Waals surface area contributed by atoms with E-state index in [1.807, 2.05) is 0 Å². The maximum Gasteiger partial charge on any atom is 0.223 e. The van der Waals surface area contributed by atoms with E-state index >= 15 is 0 Å². The number of piperidine rings is 1. The number of aromatic nitrogens is 2. The monoisotopic (exact) mass is 292 g/mol. The maximum absolute atomic E-state index is 12.0. The van der Waals surface area contributed by atoms with Gasteiger partial charge in [-0.25, -0.2) is 0 Å². The minimum atomic E-state index is 0.197. The van der Waals surface area contributed by atoms with Crippen molar-refractivity contribution in [1.29, 1.82) is 0 Å². The Hall–Kier alpha value is -1.17. The van der Waals surface area contributed by atoms with Crippen LogP contribution < -0.4 is 10.2 Å². The van der Waals surface area contributed by atoms with Gasteiger partial charge in [0.1, 0.15) is 5.01 Å². The van der Waals surface area contributed by atoms with Crippen molar-refractivity contribution in [2.24, 2.45) is 5.92 Å². The summed E-state index contributed by atoms with van der Waals surface area (Å²) in [5.41, 5.74) is 0. The largest absolute Gasteiger partial charge is 0.353 e. The highest BCUT2D eigenvalue weighted by molar-refractivity contribution is 7.15. The van der Waals surface area contributed by atoms with Gasteiger partial charge in [0.2, 0.25) is 11.0 Å². The van der Waals surface area contributed by atoms with Crippen molar-refractivity contribution in [2.45, 2.75) is 50.5 Å². The molecule has 3 fully saturated rings. The third kappa shape index (κ3) is 2.66. The van der Waals surface area contributed by atoms with E-state index in [1.165, 1.54) is 30.7 Å². The molecule has 1 aliphatic heterocycles. The van der Waals surface area contributed by atoms with Crippen molar-refractivity contribution in [3.8, 4) is 0 Å². The molecule has 0 bridgehead atoms. The molecule has 2 saturated carbocycles. The Bertz CT molecular complexity index is 501. The van der Waals surface area contributed by atoms with Crippen LogP contribution >= 0.6 is 11.3 Å². The van der Waals surface area contributed by atoms with Crippen LogP contribution in [0.2, 0.25) is 0 Å². The minimum Gasteiger partial charge on any atom is -0.353 e. The van der Waals surface area contributed by atoms with Crippen LogP contribution in [0.15, 0.2) is 0 Å². The molecular weight excluding hydrogens is 272 g/mol. The van der Waals surface area contributed by atoms with Crippen LogP contribution in [0.25, 0.3) is 0 Å². The number of carbonyl (C=O) groups is 1. The second-order valence-corrected chi connectivity index (χ2v) is 7.23. The van der Waals surface area contributed by atoms with Gasteiger partial charge in [-0.2, -0.15) is 0 Å². The molecule has 3 aliphatic rings. The molecule has 1 amide bonds. The number of anilines is 1. The van der Waals surface area contributed by atoms with Gasteiger partial charge in [0, 0.05) is 31.0 Å². The van der Waals surface area contributed by atoms with Crippen molar-refractivity contribution in [3.05, 3.63) is 5.01 Å². The Labute approximate surface area is 122 Å². The molecular formula is C14H20N4OS. The highest BCUT2D eigenvalue weighted by atomic mass is 32.1. The molecule has 1 aromatic heterocycles. The van der Waals surface area contributed by atoms with Gasteiger partial charge in [0.25, 0.3) is 0 Å². The lowest BCUT2D eigenvalue weighted by atomic mass is 9.96. The topological polar surface area (TPSA) is 58.1 Å². The molecule has 108 valence electrons. The lowest BCUT2D eigenvalue weighted by molar-refractivity contribution is -0.125. The summed E-state index contributed by atoms with van der Waals surface area (Å²) in [5, 5.41) is 14.0. The van der Waals surface area contributed by atoms with Gasteiger partial charge in [-0.15, -0.1) is 10.2 Å². The van der Waals surface area contributed by atoms with E-state index in [9.17, 15) is 4.79 Å². The van der Waals surface area contributed by atoms with Crippen LogP contribution in [-0.2, 0) is 4.79 Å². The zero-order valence-electron chi connectivity index (χ0n) is 11.5. The molecule has 2 aliphatic carbocycles. The molecule has 2 heterocycles. The summed E-state index contributed by atoms with van der Waals surface area (Å²) in [5.74, 6) is 1.15. The van der Waals surface area contributed by atoms with E-state index < -0.39 is 0 Å². The zero-order valence-corrected chi connectivity index (χ0v) is 12.4. The maximum atomic E-state index is 12.0. The molecule has 6 heteroatoms. The minimum absolute atomic E-state index is 0.197. The molecule has 0 aromatic carbocycles. The summed E-state index contributed by atoms with van der Waals surface area (Å²) >= 11 is 1.74. The van der Waals surface area contributed by atoms with Gasteiger partial charge in [0.05, 0.1) is 0 Å². The SMILES string of the molecule is O=C(NC1CC1)C1CCN(c2nnc(C3CC3)s2)CC1. The normalized spacial score (nSPS) is 23.9. The average Bonchev–Trinajstić information content (AvgIpc) is 3.40. The summed E-state index contributed by atoms with van der Waals surface area (Å²) in [6.07, 6.45) is 6.77. The molecule has 0 unspecified atom stereocenters. The van der Waals surface area contributed by atoms with Gasteiger partial charge in [-0.05, 0) is 38.5 Å². The molecule has 1 N–H and O–H groups in total. The van der Waals surface area contributed by atoms with E-state index in [0.717, 1.165) is 31.1 Å². The first-order valence-corrected chi connectivity index (χ1v) is 8.50. The van der Waals surface area contributed by atoms with Crippen LogP contribution in [0, 0.1) is 5.92 Å². The first kappa shape index (κ1) is 12.6. The van der Waals surface area contributed by atoms with Gasteiger partial charge in [-0.1, -0.05) is 11.3 Å². The molecule has 0 atom stereocenters. The number of rotatable bonds is 4. The molecule has 1 aromatic rings. The first-order chi connectivity index (χ1) is 9.79. The van der Waals surface area contributed by atoms with Crippen molar-refractivity contribution in [2.75, 3.05) is 18.0 Å².